The number of carbonyl (C=O) groups excluding carboxylic acids is 1. The first-order valence-corrected chi connectivity index (χ1v) is 6.83. The van der Waals surface area contributed by atoms with Crippen LogP contribution in [0.5, 0.6) is 0 Å². The second kappa shape index (κ2) is 9.42. The predicted octanol–water partition coefficient (Wildman–Crippen LogP) is 1.35. The van der Waals surface area contributed by atoms with Gasteiger partial charge in [0.15, 0.2) is 0 Å². The summed E-state index contributed by atoms with van der Waals surface area (Å²) in [5.41, 5.74) is 5.27. The van der Waals surface area contributed by atoms with Crippen LogP contribution >= 0.6 is 11.3 Å². The maximum absolute atomic E-state index is 11.8. The topological polar surface area (TPSA) is 64.3 Å². The second-order valence-electron chi connectivity index (χ2n) is 3.76. The Morgan fingerprint density at radius 2 is 2.30 bits per heavy atom. The Morgan fingerprint density at radius 1 is 1.50 bits per heavy atom. The monoisotopic (exact) mass is 302 g/mol. The zero-order valence-electron chi connectivity index (χ0n) is 10.8. The molecule has 0 radical (unpaired) electrons. The summed E-state index contributed by atoms with van der Waals surface area (Å²) in [6.07, 6.45) is -2.44. The summed E-state index contributed by atoms with van der Waals surface area (Å²) in [6.45, 7) is 0.0560. The van der Waals surface area contributed by atoms with Crippen molar-refractivity contribution in [3.63, 3.8) is 0 Å². The fourth-order valence-corrected chi connectivity index (χ4v) is 2.11. The Bertz CT molecular complexity index is 480. The molecule has 0 spiro atoms. The lowest BCUT2D eigenvalue weighted by Gasteiger charge is -2.04. The van der Waals surface area contributed by atoms with Crippen molar-refractivity contribution in [1.29, 1.82) is 0 Å². The number of amides is 1. The molecule has 0 unspecified atom stereocenters. The zero-order valence-corrected chi connectivity index (χ0v) is 11.6. The summed E-state index contributed by atoms with van der Waals surface area (Å²) >= 11 is 1.47. The molecule has 0 fully saturated rings. The lowest BCUT2D eigenvalue weighted by molar-refractivity contribution is -0.122. The van der Waals surface area contributed by atoms with Gasteiger partial charge in [-0.2, -0.15) is 0 Å². The molecule has 0 bridgehead atoms. The molecular weight excluding hydrogens is 286 g/mol. The maximum atomic E-state index is 11.8. The van der Waals surface area contributed by atoms with Gasteiger partial charge in [-0.05, 0) is 12.1 Å². The van der Waals surface area contributed by atoms with Gasteiger partial charge in [-0.1, -0.05) is 11.8 Å². The van der Waals surface area contributed by atoms with Crippen molar-refractivity contribution in [2.75, 3.05) is 19.8 Å². The molecule has 1 amide bonds. The molecule has 0 aliphatic carbocycles. The first-order chi connectivity index (χ1) is 9.61. The highest BCUT2D eigenvalue weighted by Crippen LogP contribution is 2.14. The normalized spacial score (nSPS) is 10.2. The highest BCUT2D eigenvalue weighted by atomic mass is 32.1. The Hall–Kier alpha value is -1.49. The van der Waals surface area contributed by atoms with Gasteiger partial charge in [-0.25, -0.2) is 8.78 Å². The fraction of sp³-hybridized carbons (Fsp3) is 0.462. The summed E-state index contributed by atoms with van der Waals surface area (Å²) in [6, 6.07) is 3.74. The Morgan fingerprint density at radius 3 is 3.00 bits per heavy atom. The number of hydrogen-bond acceptors (Lipinski definition) is 4. The maximum Gasteiger partial charge on any atom is 0.261 e. The van der Waals surface area contributed by atoms with Crippen molar-refractivity contribution in [3.8, 4) is 11.8 Å². The van der Waals surface area contributed by atoms with E-state index in [4.69, 9.17) is 5.73 Å². The van der Waals surface area contributed by atoms with Gasteiger partial charge < -0.3 is 15.8 Å². The third-order valence-corrected chi connectivity index (χ3v) is 3.15. The summed E-state index contributed by atoms with van der Waals surface area (Å²) < 4.78 is 28.2. The highest BCUT2D eigenvalue weighted by molar-refractivity contribution is 7.12. The van der Waals surface area contributed by atoms with Gasteiger partial charge in [-0.3, -0.25) is 4.79 Å². The van der Waals surface area contributed by atoms with Crippen molar-refractivity contribution in [1.82, 2.24) is 5.32 Å². The van der Waals surface area contributed by atoms with Gasteiger partial charge in [0.25, 0.3) is 6.43 Å². The van der Waals surface area contributed by atoms with Crippen molar-refractivity contribution < 1.29 is 18.3 Å². The number of thiophene rings is 1. The molecule has 1 heterocycles. The second-order valence-corrected chi connectivity index (χ2v) is 4.93. The molecule has 3 N–H and O–H groups in total. The largest absolute Gasteiger partial charge is 0.375 e. The molecule has 1 aromatic rings. The third kappa shape index (κ3) is 7.19. The number of hydrogen-bond donors (Lipinski definition) is 2. The van der Waals surface area contributed by atoms with Crippen molar-refractivity contribution in [2.45, 2.75) is 19.4 Å². The number of carbonyl (C=O) groups is 1. The first kappa shape index (κ1) is 16.6. The van der Waals surface area contributed by atoms with E-state index in [-0.39, 0.29) is 18.9 Å². The fourth-order valence-electron chi connectivity index (χ4n) is 1.29. The zero-order chi connectivity index (χ0) is 14.8. The summed E-state index contributed by atoms with van der Waals surface area (Å²) in [5, 5.41) is 2.69. The average molecular weight is 302 g/mol. The molecule has 0 aliphatic heterocycles. The Balaban J connectivity index is 2.22. The molecular formula is C13H16F2N2O2S. The van der Waals surface area contributed by atoms with Crippen LogP contribution in [-0.2, 0) is 16.1 Å². The molecule has 0 saturated heterocycles. The van der Waals surface area contributed by atoms with Gasteiger partial charge in [-0.15, -0.1) is 11.3 Å². The lowest BCUT2D eigenvalue weighted by atomic mass is 10.4. The molecule has 20 heavy (non-hydrogen) atoms. The van der Waals surface area contributed by atoms with E-state index in [0.29, 0.717) is 13.1 Å². The van der Waals surface area contributed by atoms with E-state index in [9.17, 15) is 13.6 Å². The average Bonchev–Trinajstić information content (AvgIpc) is 2.87. The number of nitrogens with one attached hydrogen (secondary N) is 1. The van der Waals surface area contributed by atoms with Crippen molar-refractivity contribution >= 4 is 17.2 Å². The molecule has 7 heteroatoms. The number of halogens is 2. The summed E-state index contributed by atoms with van der Waals surface area (Å²) in [4.78, 5) is 13.3. The third-order valence-electron chi connectivity index (χ3n) is 2.15. The van der Waals surface area contributed by atoms with Crippen LogP contribution in [-0.4, -0.2) is 32.1 Å². The number of ether oxygens (including phenoxy) is 1. The van der Waals surface area contributed by atoms with Crippen LogP contribution in [0.1, 0.15) is 16.2 Å². The minimum Gasteiger partial charge on any atom is -0.375 e. The van der Waals surface area contributed by atoms with Gasteiger partial charge in [0, 0.05) is 11.3 Å². The smallest absolute Gasteiger partial charge is 0.261 e. The van der Waals surface area contributed by atoms with Gasteiger partial charge in [0.05, 0.1) is 24.6 Å². The minimum absolute atomic E-state index is 0.00611. The van der Waals surface area contributed by atoms with Gasteiger partial charge in [0.1, 0.15) is 6.61 Å². The molecule has 0 aliphatic rings. The van der Waals surface area contributed by atoms with E-state index in [1.54, 1.807) is 0 Å². The van der Waals surface area contributed by atoms with Crippen LogP contribution in [0.3, 0.4) is 0 Å². The number of nitrogens with two attached hydrogens (primary N) is 1. The SMILES string of the molecule is NCC#Cc1ccc(CNC(=O)CCOCC(F)F)s1. The van der Waals surface area contributed by atoms with Gasteiger partial charge >= 0.3 is 0 Å². The van der Waals surface area contributed by atoms with Crippen LogP contribution in [0.2, 0.25) is 0 Å². The molecule has 1 rings (SSSR count). The Labute approximate surface area is 120 Å². The van der Waals surface area contributed by atoms with E-state index in [1.165, 1.54) is 11.3 Å². The first-order valence-electron chi connectivity index (χ1n) is 6.02. The van der Waals surface area contributed by atoms with Crippen LogP contribution < -0.4 is 11.1 Å². The molecule has 0 saturated carbocycles. The summed E-state index contributed by atoms with van der Waals surface area (Å²) in [5.74, 6) is 5.42. The van der Waals surface area contributed by atoms with Crippen LogP contribution in [0.4, 0.5) is 8.78 Å². The molecule has 110 valence electrons. The van der Waals surface area contributed by atoms with Crippen LogP contribution in [0, 0.1) is 11.8 Å². The highest BCUT2D eigenvalue weighted by Gasteiger charge is 2.05. The quantitative estimate of drug-likeness (QED) is 0.590. The summed E-state index contributed by atoms with van der Waals surface area (Å²) in [7, 11) is 0. The van der Waals surface area contributed by atoms with E-state index < -0.39 is 13.0 Å². The van der Waals surface area contributed by atoms with Crippen molar-refractivity contribution in [2.24, 2.45) is 5.73 Å². The minimum atomic E-state index is -2.50. The number of rotatable bonds is 7. The standard InChI is InChI=1S/C13H16F2N2O2S/c14-12(15)9-19-7-5-13(18)17-8-11-4-3-10(20-11)2-1-6-16/h3-4,12H,5-9,16H2,(H,17,18). The number of alkyl halides is 2. The van der Waals surface area contributed by atoms with E-state index in [0.717, 1.165) is 9.75 Å². The molecule has 0 atom stereocenters. The lowest BCUT2D eigenvalue weighted by Crippen LogP contribution is -2.23. The Kier molecular flexibility index (Phi) is 7.80. The van der Waals surface area contributed by atoms with E-state index >= 15 is 0 Å². The molecule has 0 aromatic carbocycles. The van der Waals surface area contributed by atoms with E-state index in [1.807, 2.05) is 12.1 Å². The molecule has 1 aromatic heterocycles. The van der Waals surface area contributed by atoms with Gasteiger partial charge in [0.2, 0.25) is 5.91 Å². The van der Waals surface area contributed by atoms with Crippen LogP contribution in [0.25, 0.3) is 0 Å². The van der Waals surface area contributed by atoms with Crippen LogP contribution in [0.15, 0.2) is 12.1 Å². The van der Waals surface area contributed by atoms with E-state index in [2.05, 4.69) is 21.9 Å². The van der Waals surface area contributed by atoms with Crippen molar-refractivity contribution in [3.05, 3.63) is 21.9 Å². The molecule has 4 nitrogen and oxygen atoms in total. The predicted molar refractivity (Wildman–Crippen MR) is 73.5 cm³/mol.